The minimum absolute atomic E-state index is 0.114. The molecule has 1 aromatic rings. The van der Waals surface area contributed by atoms with E-state index in [2.05, 4.69) is 10.3 Å². The SMILES string of the molecule is CC[C@H](CO)NC(=O)c1ccc(F)nc1. The lowest BCUT2D eigenvalue weighted by atomic mass is 10.2. The number of halogens is 1. The number of rotatable bonds is 4. The fourth-order valence-electron chi connectivity index (χ4n) is 1.06. The molecule has 1 heterocycles. The smallest absolute Gasteiger partial charge is 0.253 e. The van der Waals surface area contributed by atoms with Crippen LogP contribution in [0.15, 0.2) is 18.3 Å². The Kier molecular flexibility index (Phi) is 4.17. The summed E-state index contributed by atoms with van der Waals surface area (Å²) in [6.07, 6.45) is 1.80. The highest BCUT2D eigenvalue weighted by molar-refractivity contribution is 5.93. The van der Waals surface area contributed by atoms with Gasteiger partial charge in [0.05, 0.1) is 18.2 Å². The first-order valence-corrected chi connectivity index (χ1v) is 4.70. The van der Waals surface area contributed by atoms with Crippen molar-refractivity contribution < 1.29 is 14.3 Å². The minimum atomic E-state index is -0.624. The second kappa shape index (κ2) is 5.41. The van der Waals surface area contributed by atoms with E-state index in [1.165, 1.54) is 6.07 Å². The Bertz CT molecular complexity index is 323. The van der Waals surface area contributed by atoms with E-state index in [1.807, 2.05) is 6.92 Å². The molecule has 0 saturated heterocycles. The maximum Gasteiger partial charge on any atom is 0.253 e. The van der Waals surface area contributed by atoms with Gasteiger partial charge in [0.1, 0.15) is 0 Å². The molecular weight excluding hydrogens is 199 g/mol. The third kappa shape index (κ3) is 3.28. The number of nitrogens with one attached hydrogen (secondary N) is 1. The molecule has 1 aromatic heterocycles. The number of hydrogen-bond donors (Lipinski definition) is 2. The van der Waals surface area contributed by atoms with Crippen molar-refractivity contribution in [1.29, 1.82) is 0 Å². The van der Waals surface area contributed by atoms with Gasteiger partial charge in [-0.15, -0.1) is 0 Å². The summed E-state index contributed by atoms with van der Waals surface area (Å²) in [5.41, 5.74) is 0.281. The quantitative estimate of drug-likeness (QED) is 0.723. The van der Waals surface area contributed by atoms with Crippen LogP contribution in [0.5, 0.6) is 0 Å². The van der Waals surface area contributed by atoms with Crippen molar-refractivity contribution in [3.8, 4) is 0 Å². The molecule has 0 aliphatic heterocycles. The summed E-state index contributed by atoms with van der Waals surface area (Å²) in [4.78, 5) is 14.9. The van der Waals surface area contributed by atoms with Gasteiger partial charge in [0.2, 0.25) is 5.95 Å². The molecule has 0 aromatic carbocycles. The molecule has 0 unspecified atom stereocenters. The number of carbonyl (C=O) groups is 1. The Balaban J connectivity index is 2.64. The molecule has 5 heteroatoms. The first-order valence-electron chi connectivity index (χ1n) is 4.70. The molecule has 0 spiro atoms. The number of amides is 1. The van der Waals surface area contributed by atoms with Crippen molar-refractivity contribution in [1.82, 2.24) is 10.3 Å². The lowest BCUT2D eigenvalue weighted by Gasteiger charge is -2.13. The molecule has 15 heavy (non-hydrogen) atoms. The molecule has 2 N–H and O–H groups in total. The summed E-state index contributed by atoms with van der Waals surface area (Å²) in [6, 6.07) is 2.19. The summed E-state index contributed by atoms with van der Waals surface area (Å²) in [6.45, 7) is 1.74. The Labute approximate surface area is 87.1 Å². The van der Waals surface area contributed by atoms with Crippen molar-refractivity contribution in [2.45, 2.75) is 19.4 Å². The van der Waals surface area contributed by atoms with Crippen LogP contribution in [0, 0.1) is 5.95 Å². The van der Waals surface area contributed by atoms with Crippen LogP contribution in [0.3, 0.4) is 0 Å². The molecular formula is C10H13FN2O2. The Hall–Kier alpha value is -1.49. The number of aromatic nitrogens is 1. The van der Waals surface area contributed by atoms with E-state index >= 15 is 0 Å². The fraction of sp³-hybridized carbons (Fsp3) is 0.400. The zero-order valence-electron chi connectivity index (χ0n) is 8.40. The summed E-state index contributed by atoms with van der Waals surface area (Å²) in [7, 11) is 0. The second-order valence-electron chi connectivity index (χ2n) is 3.13. The fourth-order valence-corrected chi connectivity index (χ4v) is 1.06. The number of nitrogens with zero attached hydrogens (tertiary/aromatic N) is 1. The van der Waals surface area contributed by atoms with Gasteiger partial charge >= 0.3 is 0 Å². The van der Waals surface area contributed by atoms with Crippen LogP contribution in [-0.2, 0) is 0 Å². The van der Waals surface area contributed by atoms with Crippen molar-refractivity contribution in [2.24, 2.45) is 0 Å². The van der Waals surface area contributed by atoms with E-state index in [4.69, 9.17) is 5.11 Å². The molecule has 4 nitrogen and oxygen atoms in total. The summed E-state index contributed by atoms with van der Waals surface area (Å²) < 4.78 is 12.5. The third-order valence-corrected chi connectivity index (χ3v) is 2.04. The number of aliphatic hydroxyl groups excluding tert-OH is 1. The van der Waals surface area contributed by atoms with Gasteiger partial charge in [-0.2, -0.15) is 4.39 Å². The highest BCUT2D eigenvalue weighted by Gasteiger charge is 2.11. The third-order valence-electron chi connectivity index (χ3n) is 2.04. The molecule has 0 aliphatic rings. The summed E-state index contributed by atoms with van der Waals surface area (Å²) in [5, 5.41) is 11.5. The van der Waals surface area contributed by atoms with Gasteiger partial charge in [0.15, 0.2) is 0 Å². The van der Waals surface area contributed by atoms with Crippen molar-refractivity contribution in [3.05, 3.63) is 29.8 Å². The lowest BCUT2D eigenvalue weighted by Crippen LogP contribution is -2.36. The Morgan fingerprint density at radius 2 is 2.40 bits per heavy atom. The van der Waals surface area contributed by atoms with Crippen molar-refractivity contribution in [2.75, 3.05) is 6.61 Å². The first-order chi connectivity index (χ1) is 7.17. The lowest BCUT2D eigenvalue weighted by molar-refractivity contribution is 0.0914. The standard InChI is InChI=1S/C10H13FN2O2/c1-2-8(6-14)13-10(15)7-3-4-9(11)12-5-7/h3-5,8,14H,2,6H2,1H3,(H,13,15)/t8-/m1/s1. The zero-order chi connectivity index (χ0) is 11.3. The topological polar surface area (TPSA) is 62.2 Å². The number of pyridine rings is 1. The average molecular weight is 212 g/mol. The van der Waals surface area contributed by atoms with Gasteiger partial charge in [-0.25, -0.2) is 4.98 Å². The summed E-state index contributed by atoms with van der Waals surface area (Å²) >= 11 is 0. The van der Waals surface area contributed by atoms with E-state index in [0.29, 0.717) is 6.42 Å². The predicted octanol–water partition coefficient (Wildman–Crippen LogP) is 0.721. The van der Waals surface area contributed by atoms with Crippen LogP contribution in [0.25, 0.3) is 0 Å². The molecule has 82 valence electrons. The van der Waals surface area contributed by atoms with Crippen LogP contribution >= 0.6 is 0 Å². The van der Waals surface area contributed by atoms with Crippen LogP contribution in [0.1, 0.15) is 23.7 Å². The normalized spacial score (nSPS) is 12.2. The molecule has 1 atom stereocenters. The number of hydrogen-bond acceptors (Lipinski definition) is 3. The van der Waals surface area contributed by atoms with E-state index in [0.717, 1.165) is 12.3 Å². The molecule has 0 saturated carbocycles. The number of aliphatic hydroxyl groups is 1. The average Bonchev–Trinajstić information content (AvgIpc) is 2.26. The van der Waals surface area contributed by atoms with Gasteiger partial charge in [-0.1, -0.05) is 6.92 Å². The van der Waals surface area contributed by atoms with Gasteiger partial charge in [-0.05, 0) is 18.6 Å². The molecule has 1 amide bonds. The number of carbonyl (C=O) groups excluding carboxylic acids is 1. The van der Waals surface area contributed by atoms with Crippen LogP contribution < -0.4 is 5.32 Å². The van der Waals surface area contributed by atoms with E-state index in [1.54, 1.807) is 0 Å². The first kappa shape index (κ1) is 11.6. The van der Waals surface area contributed by atoms with Crippen molar-refractivity contribution in [3.63, 3.8) is 0 Å². The molecule has 0 aliphatic carbocycles. The van der Waals surface area contributed by atoms with Crippen molar-refractivity contribution >= 4 is 5.91 Å². The van der Waals surface area contributed by atoms with E-state index in [9.17, 15) is 9.18 Å². The van der Waals surface area contributed by atoms with E-state index < -0.39 is 5.95 Å². The van der Waals surface area contributed by atoms with Crippen LogP contribution in [0.2, 0.25) is 0 Å². The monoisotopic (exact) mass is 212 g/mol. The highest BCUT2D eigenvalue weighted by atomic mass is 19.1. The minimum Gasteiger partial charge on any atom is -0.394 e. The molecule has 0 bridgehead atoms. The van der Waals surface area contributed by atoms with Crippen LogP contribution in [0.4, 0.5) is 4.39 Å². The van der Waals surface area contributed by atoms with Gasteiger partial charge in [0, 0.05) is 6.20 Å². The van der Waals surface area contributed by atoms with Crippen LogP contribution in [-0.4, -0.2) is 28.6 Å². The molecule has 0 radical (unpaired) electrons. The molecule has 0 fully saturated rings. The zero-order valence-corrected chi connectivity index (χ0v) is 8.40. The largest absolute Gasteiger partial charge is 0.394 e. The van der Waals surface area contributed by atoms with E-state index in [-0.39, 0.29) is 24.1 Å². The Morgan fingerprint density at radius 1 is 1.67 bits per heavy atom. The maximum absolute atomic E-state index is 12.5. The summed E-state index contributed by atoms with van der Waals surface area (Å²) in [5.74, 6) is -0.982. The second-order valence-corrected chi connectivity index (χ2v) is 3.13. The van der Waals surface area contributed by atoms with Gasteiger partial charge in [0.25, 0.3) is 5.91 Å². The molecule has 1 rings (SSSR count). The highest BCUT2D eigenvalue weighted by Crippen LogP contribution is 2.00. The predicted molar refractivity (Wildman–Crippen MR) is 52.8 cm³/mol. The van der Waals surface area contributed by atoms with Gasteiger partial charge < -0.3 is 10.4 Å². The maximum atomic E-state index is 12.5. The Morgan fingerprint density at radius 3 is 2.87 bits per heavy atom. The van der Waals surface area contributed by atoms with Gasteiger partial charge in [-0.3, -0.25) is 4.79 Å².